The van der Waals surface area contributed by atoms with E-state index >= 15 is 0 Å². The van der Waals surface area contributed by atoms with E-state index in [-0.39, 0.29) is 34.4 Å². The van der Waals surface area contributed by atoms with E-state index in [0.29, 0.717) is 0 Å². The zero-order valence-electron chi connectivity index (χ0n) is 8.48. The summed E-state index contributed by atoms with van der Waals surface area (Å²) in [6.45, 7) is -0.655. The molecule has 2 N–H and O–H groups in total. The molecule has 0 aliphatic rings. The van der Waals surface area contributed by atoms with Gasteiger partial charge in [-0.25, -0.2) is 0 Å². The maximum atomic E-state index is 10.9. The van der Waals surface area contributed by atoms with Gasteiger partial charge in [0.2, 0.25) is 0 Å². The van der Waals surface area contributed by atoms with Crippen molar-refractivity contribution >= 4 is 34.9 Å². The van der Waals surface area contributed by atoms with Crippen molar-refractivity contribution in [3.8, 4) is 0 Å². The Hall–Kier alpha value is -1.37. The van der Waals surface area contributed by atoms with Gasteiger partial charge in [-0.1, -0.05) is 23.2 Å². The lowest BCUT2D eigenvalue weighted by Crippen LogP contribution is -2.17. The van der Waals surface area contributed by atoms with Crippen LogP contribution in [0.5, 0.6) is 0 Å². The lowest BCUT2D eigenvalue weighted by atomic mass is 10.2. The Kier molecular flexibility index (Phi) is 4.68. The Morgan fingerprint density at radius 2 is 2.12 bits per heavy atom. The zero-order valence-corrected chi connectivity index (χ0v) is 9.99. The van der Waals surface area contributed by atoms with E-state index in [4.69, 9.17) is 33.7 Å². The quantitative estimate of drug-likeness (QED) is 0.516. The van der Waals surface area contributed by atoms with Gasteiger partial charge in [-0.3, -0.25) is 14.9 Å². The first-order chi connectivity index (χ1) is 7.97. The average Bonchev–Trinajstić information content (AvgIpc) is 2.30. The second kappa shape index (κ2) is 5.81. The Labute approximate surface area is 106 Å². The summed E-state index contributed by atoms with van der Waals surface area (Å²) in [4.78, 5) is 21.0. The van der Waals surface area contributed by atoms with Crippen LogP contribution in [0.4, 0.5) is 5.69 Å². The van der Waals surface area contributed by atoms with Gasteiger partial charge in [-0.05, 0) is 6.07 Å². The van der Waals surface area contributed by atoms with Gasteiger partial charge < -0.3 is 10.5 Å². The fraction of sp³-hybridized carbons (Fsp3) is 0.222. The summed E-state index contributed by atoms with van der Waals surface area (Å²) in [6, 6.07) is 2.50. The highest BCUT2D eigenvalue weighted by Gasteiger charge is 2.20. The summed E-state index contributed by atoms with van der Waals surface area (Å²) in [7, 11) is 0. The van der Waals surface area contributed by atoms with Crippen LogP contribution in [-0.4, -0.2) is 17.4 Å². The monoisotopic (exact) mass is 278 g/mol. The van der Waals surface area contributed by atoms with Crippen LogP contribution in [0.25, 0.3) is 0 Å². The average molecular weight is 279 g/mol. The van der Waals surface area contributed by atoms with Crippen LogP contribution in [0.1, 0.15) is 5.56 Å². The smallest absolute Gasteiger partial charge is 0.320 e. The van der Waals surface area contributed by atoms with Crippen LogP contribution >= 0.6 is 23.2 Å². The molecule has 0 saturated heterocycles. The third kappa shape index (κ3) is 3.29. The van der Waals surface area contributed by atoms with Gasteiger partial charge >= 0.3 is 5.97 Å². The number of benzene rings is 1. The lowest BCUT2D eigenvalue weighted by molar-refractivity contribution is -0.385. The largest absolute Gasteiger partial charge is 0.460 e. The van der Waals surface area contributed by atoms with Gasteiger partial charge in [-0.15, -0.1) is 0 Å². The van der Waals surface area contributed by atoms with Crippen molar-refractivity contribution in [3.63, 3.8) is 0 Å². The van der Waals surface area contributed by atoms with E-state index < -0.39 is 10.9 Å². The Balaban J connectivity index is 3.06. The molecule has 1 aromatic rings. The number of rotatable bonds is 4. The van der Waals surface area contributed by atoms with Crippen molar-refractivity contribution in [3.05, 3.63) is 37.9 Å². The summed E-state index contributed by atoms with van der Waals surface area (Å²) in [5, 5.41) is 10.9. The number of carbonyl (C=O) groups excluding carboxylic acids is 1. The van der Waals surface area contributed by atoms with Crippen LogP contribution in [0, 0.1) is 10.1 Å². The number of nitrogens with zero attached hydrogens (tertiary/aromatic N) is 1. The molecule has 0 fully saturated rings. The van der Waals surface area contributed by atoms with Crippen molar-refractivity contribution in [2.24, 2.45) is 5.73 Å². The Bertz CT molecular complexity index is 465. The number of hydrogen-bond acceptors (Lipinski definition) is 5. The topological polar surface area (TPSA) is 95.5 Å². The molecular weight excluding hydrogens is 271 g/mol. The van der Waals surface area contributed by atoms with E-state index in [1.807, 2.05) is 0 Å². The molecule has 0 atom stereocenters. The van der Waals surface area contributed by atoms with Crippen LogP contribution < -0.4 is 5.73 Å². The van der Waals surface area contributed by atoms with Crippen molar-refractivity contribution < 1.29 is 14.5 Å². The first kappa shape index (κ1) is 13.7. The highest BCUT2D eigenvalue weighted by Crippen LogP contribution is 2.33. The molecule has 0 heterocycles. The second-order valence-electron chi connectivity index (χ2n) is 2.98. The fourth-order valence-corrected chi connectivity index (χ4v) is 1.49. The highest BCUT2D eigenvalue weighted by atomic mass is 35.5. The molecule has 17 heavy (non-hydrogen) atoms. The summed E-state index contributed by atoms with van der Waals surface area (Å²) < 4.78 is 4.69. The van der Waals surface area contributed by atoms with Gasteiger partial charge in [0.15, 0.2) is 0 Å². The van der Waals surface area contributed by atoms with Gasteiger partial charge in [0.25, 0.3) is 5.69 Å². The van der Waals surface area contributed by atoms with Crippen LogP contribution in [-0.2, 0) is 16.1 Å². The predicted molar refractivity (Wildman–Crippen MR) is 62.0 cm³/mol. The van der Waals surface area contributed by atoms with Crippen LogP contribution in [0.3, 0.4) is 0 Å². The molecule has 0 spiro atoms. The predicted octanol–water partition coefficient (Wildman–Crippen LogP) is 1.90. The molecule has 8 heteroatoms. The van der Waals surface area contributed by atoms with E-state index in [9.17, 15) is 14.9 Å². The lowest BCUT2D eigenvalue weighted by Gasteiger charge is -2.07. The van der Waals surface area contributed by atoms with Gasteiger partial charge in [0.1, 0.15) is 6.61 Å². The van der Waals surface area contributed by atoms with Crippen LogP contribution in [0.15, 0.2) is 12.1 Å². The minimum atomic E-state index is -0.685. The number of carbonyl (C=O) groups is 1. The first-order valence-corrected chi connectivity index (χ1v) is 5.20. The third-order valence-electron chi connectivity index (χ3n) is 1.91. The highest BCUT2D eigenvalue weighted by molar-refractivity contribution is 6.42. The Morgan fingerprint density at radius 3 is 2.65 bits per heavy atom. The minimum absolute atomic E-state index is 0.00862. The third-order valence-corrected chi connectivity index (χ3v) is 2.76. The van der Waals surface area contributed by atoms with Crippen molar-refractivity contribution in [2.75, 3.05) is 6.54 Å². The summed E-state index contributed by atoms with van der Waals surface area (Å²) in [5.74, 6) is -0.685. The zero-order chi connectivity index (χ0) is 13.0. The van der Waals surface area contributed by atoms with Gasteiger partial charge in [0.05, 0.1) is 27.1 Å². The van der Waals surface area contributed by atoms with Crippen molar-refractivity contribution in [1.82, 2.24) is 0 Å². The fourth-order valence-electron chi connectivity index (χ4n) is 1.10. The molecule has 6 nitrogen and oxygen atoms in total. The Morgan fingerprint density at radius 1 is 1.47 bits per heavy atom. The van der Waals surface area contributed by atoms with Crippen LogP contribution in [0.2, 0.25) is 10.0 Å². The molecule has 0 amide bonds. The maximum absolute atomic E-state index is 10.9. The number of esters is 1. The summed E-state index contributed by atoms with van der Waals surface area (Å²) >= 11 is 11.5. The maximum Gasteiger partial charge on any atom is 0.320 e. The summed E-state index contributed by atoms with van der Waals surface area (Å²) in [5.41, 5.74) is 4.82. The number of nitro groups is 1. The standard InChI is InChI=1S/C9H8Cl2N2O4/c10-6-1-2-7(13(15)16)5(9(6)11)4-17-8(14)3-12/h1-2H,3-4,12H2. The normalized spacial score (nSPS) is 10.1. The molecule has 1 rings (SSSR count). The number of hydrogen-bond donors (Lipinski definition) is 1. The van der Waals surface area contributed by atoms with E-state index in [1.54, 1.807) is 0 Å². The molecule has 1 aromatic carbocycles. The molecule has 0 saturated carbocycles. The van der Waals surface area contributed by atoms with Crippen molar-refractivity contribution in [1.29, 1.82) is 0 Å². The SMILES string of the molecule is NCC(=O)OCc1c([N+](=O)[O-])ccc(Cl)c1Cl. The number of ether oxygens (including phenoxy) is 1. The van der Waals surface area contributed by atoms with Gasteiger partial charge in [-0.2, -0.15) is 0 Å². The first-order valence-electron chi connectivity index (χ1n) is 4.44. The minimum Gasteiger partial charge on any atom is -0.460 e. The van der Waals surface area contributed by atoms with Crippen molar-refractivity contribution in [2.45, 2.75) is 6.61 Å². The van der Waals surface area contributed by atoms with E-state index in [2.05, 4.69) is 0 Å². The molecular formula is C9H8Cl2N2O4. The molecule has 0 bridgehead atoms. The number of nitro benzene ring substituents is 1. The van der Waals surface area contributed by atoms with E-state index in [1.165, 1.54) is 12.1 Å². The summed E-state index contributed by atoms with van der Waals surface area (Å²) in [6.07, 6.45) is 0. The van der Waals surface area contributed by atoms with E-state index in [0.717, 1.165) is 0 Å². The number of nitrogens with two attached hydrogens (primary N) is 1. The molecule has 0 aliphatic carbocycles. The van der Waals surface area contributed by atoms with Gasteiger partial charge in [0, 0.05) is 6.07 Å². The molecule has 0 aliphatic heterocycles. The molecule has 0 radical (unpaired) electrons. The second-order valence-corrected chi connectivity index (χ2v) is 3.77. The molecule has 92 valence electrons. The number of halogens is 2. The molecule has 0 aromatic heterocycles. The molecule has 0 unspecified atom stereocenters.